The van der Waals surface area contributed by atoms with Gasteiger partial charge in [-0.2, -0.15) is 0 Å². The summed E-state index contributed by atoms with van der Waals surface area (Å²) < 4.78 is 36.6. The van der Waals surface area contributed by atoms with Crippen LogP contribution >= 0.6 is 37.2 Å². The molecule has 4 aromatic heterocycles. The molecule has 5 aliphatic rings. The van der Waals surface area contributed by atoms with Gasteiger partial charge in [0.25, 0.3) is 0 Å². The molecule has 5 saturated heterocycles. The van der Waals surface area contributed by atoms with E-state index in [1.165, 1.54) is 12.1 Å². The van der Waals surface area contributed by atoms with E-state index in [9.17, 15) is 24.6 Å². The van der Waals surface area contributed by atoms with Crippen LogP contribution in [0, 0.1) is 0 Å². The Morgan fingerprint density at radius 3 is 1.34 bits per heavy atom. The number of nitrogens with two attached hydrogens (primary N) is 1. The molecule has 9 rings (SSSR count). The van der Waals surface area contributed by atoms with Crippen LogP contribution in [0.15, 0.2) is 103 Å². The van der Waals surface area contributed by atoms with Crippen LogP contribution in [0.2, 0.25) is 0 Å². The number of aromatic nitrogens is 4. The average molecular weight is 1230 g/mol. The minimum atomic E-state index is -0.586. The van der Waals surface area contributed by atoms with Gasteiger partial charge in [0.05, 0.1) is 19.8 Å². The van der Waals surface area contributed by atoms with Crippen molar-refractivity contribution in [2.24, 2.45) is 5.73 Å². The summed E-state index contributed by atoms with van der Waals surface area (Å²) >= 11 is 0. The lowest BCUT2D eigenvalue weighted by atomic mass is 10.1. The third kappa shape index (κ3) is 38.4. The summed E-state index contributed by atoms with van der Waals surface area (Å²) in [5.41, 5.74) is 4.91. The largest absolute Gasteiger partial charge is 0.491 e. The van der Waals surface area contributed by atoms with E-state index in [4.69, 9.17) is 39.3 Å². The fraction of sp³-hybridized carbons (Fsp3) is 0.614. The first-order chi connectivity index (χ1) is 38.3. The lowest BCUT2D eigenvalue weighted by Crippen LogP contribution is -2.48. The number of epoxide rings is 2. The van der Waals surface area contributed by atoms with Gasteiger partial charge in [-0.25, -0.2) is 9.59 Å². The Hall–Kier alpha value is -5.15. The lowest BCUT2D eigenvalue weighted by molar-refractivity contribution is 0.0187. The minimum Gasteiger partial charge on any atom is -0.491 e. The number of halogens is 3. The molecule has 4 atom stereocenters. The number of nitrogens with one attached hydrogen (secondary N) is 4. The Balaban J connectivity index is 0.000000526. The first-order valence-electron chi connectivity index (χ1n) is 27.6. The van der Waals surface area contributed by atoms with Crippen molar-refractivity contribution in [2.45, 2.75) is 134 Å². The first kappa shape index (κ1) is 75.9. The molecular weight excluding hydrogens is 1140 g/mol. The second-order valence-corrected chi connectivity index (χ2v) is 21.5. The number of carbonyl (C=O) groups is 2. The van der Waals surface area contributed by atoms with Crippen molar-refractivity contribution in [1.82, 2.24) is 45.7 Å². The highest BCUT2D eigenvalue weighted by atomic mass is 35.5. The van der Waals surface area contributed by atoms with Crippen molar-refractivity contribution in [2.75, 3.05) is 92.0 Å². The number of H-pyrrole nitrogens is 1. The zero-order valence-corrected chi connectivity index (χ0v) is 51.3. The maximum Gasteiger partial charge on any atom is 0.410 e. The number of pyridine rings is 4. The van der Waals surface area contributed by atoms with E-state index < -0.39 is 23.4 Å². The third-order valence-corrected chi connectivity index (χ3v) is 11.9. The number of nitrogens with zero attached hydrogens (tertiary/aromatic N) is 5. The SMILES string of the molecule is CC(C)(C)OC(=O)N1CCC(N)CC1.CC(C)(C)OC(=O)N1CCC(NCC(O)COc2ccncc2)CC1.Cl.Cl.Cl.O=c1cc[nH]cc1.OC(CNC1CCNCC1)COc1ccncc1.OCC1CO1.c1cc(OCC2CO2)ccn1. The number of carbonyl (C=O) groups excluding carboxylic acids is 2. The summed E-state index contributed by atoms with van der Waals surface area (Å²) in [7, 11) is 0. The molecule has 5 fully saturated rings. The van der Waals surface area contributed by atoms with E-state index in [0.29, 0.717) is 57.3 Å². The van der Waals surface area contributed by atoms with Gasteiger partial charge in [-0.15, -0.1) is 37.2 Å². The molecule has 83 heavy (non-hydrogen) atoms. The molecule has 9 N–H and O–H groups in total. The number of aliphatic hydroxyl groups is 3. The van der Waals surface area contributed by atoms with Gasteiger partial charge in [-0.1, -0.05) is 0 Å². The molecule has 2 amide bonds. The molecule has 0 radical (unpaired) electrons. The van der Waals surface area contributed by atoms with Gasteiger partial charge < -0.3 is 84.9 Å². The van der Waals surface area contributed by atoms with E-state index in [-0.39, 0.29) is 86.2 Å². The van der Waals surface area contributed by atoms with Crippen LogP contribution in [-0.2, 0) is 18.9 Å². The van der Waals surface area contributed by atoms with Gasteiger partial charge >= 0.3 is 12.2 Å². The fourth-order valence-corrected chi connectivity index (χ4v) is 7.34. The van der Waals surface area contributed by atoms with E-state index >= 15 is 0 Å². The molecule has 0 saturated carbocycles. The Labute approximate surface area is 508 Å². The number of likely N-dealkylation sites (tertiary alicyclic amines) is 2. The number of hydrogen-bond donors (Lipinski definition) is 8. The van der Waals surface area contributed by atoms with E-state index in [2.05, 4.69) is 40.6 Å². The van der Waals surface area contributed by atoms with Crippen LogP contribution in [0.4, 0.5) is 9.59 Å². The van der Waals surface area contributed by atoms with Crippen LogP contribution in [0.1, 0.15) is 80.1 Å². The van der Waals surface area contributed by atoms with E-state index in [1.54, 1.807) is 83.6 Å². The molecule has 9 heterocycles. The van der Waals surface area contributed by atoms with E-state index in [1.807, 2.05) is 53.7 Å². The quantitative estimate of drug-likeness (QED) is 0.0669. The van der Waals surface area contributed by atoms with Gasteiger partial charge in [0.1, 0.15) is 72.7 Å². The second-order valence-electron chi connectivity index (χ2n) is 21.5. The Morgan fingerprint density at radius 1 is 0.627 bits per heavy atom. The molecule has 470 valence electrons. The van der Waals surface area contributed by atoms with Crippen LogP contribution < -0.4 is 41.3 Å². The van der Waals surface area contributed by atoms with Gasteiger partial charge in [0.2, 0.25) is 0 Å². The maximum atomic E-state index is 12.0. The average Bonchev–Trinajstić information content (AvgIpc) is 4.43. The Kier molecular flexibility index (Phi) is 39.0. The third-order valence-electron chi connectivity index (χ3n) is 11.9. The Morgan fingerprint density at radius 2 is 1.00 bits per heavy atom. The highest BCUT2D eigenvalue weighted by molar-refractivity contribution is 5.86. The second kappa shape index (κ2) is 42.6. The highest BCUT2D eigenvalue weighted by Crippen LogP contribution is 2.18. The number of piperidine rings is 3. The number of aliphatic hydroxyl groups excluding tert-OH is 3. The minimum absolute atomic E-state index is 0. The summed E-state index contributed by atoms with van der Waals surface area (Å²) in [6.07, 6.45) is 17.9. The van der Waals surface area contributed by atoms with Gasteiger partial charge in [0, 0.05) is 119 Å². The van der Waals surface area contributed by atoms with Crippen LogP contribution in [0.3, 0.4) is 0 Å². The number of hydrogen-bond acceptors (Lipinski definition) is 20. The molecule has 0 aromatic carbocycles. The fourth-order valence-electron chi connectivity index (χ4n) is 7.34. The van der Waals surface area contributed by atoms with Gasteiger partial charge in [-0.05, 0) is 130 Å². The maximum absolute atomic E-state index is 12.0. The van der Waals surface area contributed by atoms with Crippen molar-refractivity contribution in [3.8, 4) is 17.2 Å². The Bertz CT molecular complexity index is 2270. The number of ether oxygens (including phenoxy) is 7. The molecule has 0 aliphatic carbocycles. The topological polar surface area (TPSA) is 306 Å². The summed E-state index contributed by atoms with van der Waals surface area (Å²) in [5, 5.41) is 38.0. The summed E-state index contributed by atoms with van der Waals surface area (Å²) in [4.78, 5) is 51.8. The molecule has 4 aromatic rings. The van der Waals surface area contributed by atoms with Crippen LogP contribution in [0.25, 0.3) is 0 Å². The molecule has 23 nitrogen and oxygen atoms in total. The van der Waals surface area contributed by atoms with Crippen LogP contribution in [0.5, 0.6) is 17.2 Å². The highest BCUT2D eigenvalue weighted by Gasteiger charge is 2.28. The zero-order valence-electron chi connectivity index (χ0n) is 48.9. The summed E-state index contributed by atoms with van der Waals surface area (Å²) in [5.74, 6) is 2.29. The lowest BCUT2D eigenvalue weighted by Gasteiger charge is -2.34. The van der Waals surface area contributed by atoms with Crippen molar-refractivity contribution < 1.29 is 58.1 Å². The van der Waals surface area contributed by atoms with Crippen molar-refractivity contribution in [1.29, 1.82) is 0 Å². The van der Waals surface area contributed by atoms with Crippen LogP contribution in [-0.4, -0.2) is 203 Å². The molecular formula is C57H93Cl3N10O13. The summed E-state index contributed by atoms with van der Waals surface area (Å²) in [6, 6.07) is 14.7. The molecule has 4 unspecified atom stereocenters. The predicted molar refractivity (Wildman–Crippen MR) is 324 cm³/mol. The number of rotatable bonds is 16. The standard InChI is InChI=1S/C18H29N3O4.C13H21N3O2.C10H20N2O2.C8H9NO2.C5H5NO.C3H6O2.3ClH/c1-18(2,3)25-17(23)21-10-6-14(7-11-21)20-12-15(22)13-24-16-4-8-19-9-5-16;17-12(9-16-11-1-5-14-6-2-11)10-18-13-3-7-15-8-4-13;1-10(2,3)14-9(13)12-6-4-8(11)5-7-12;1-3-9-4-2-7(1)10-5-8-6-11-8;7-5-1-3-6-4-2-5;4-1-3-2-5-3;;;/h4-5,8-9,14-15,20,22H,6-7,10-13H2,1-3H3;3-4,7-8,11-12,14,16-17H,1-2,5-6,9-10H2;8H,4-7,11H2,1-3H3;1-4,8H,5-6H2;1-4H,(H,6,7);3-4H,1-2H2;3*1H. The predicted octanol–water partition coefficient (Wildman–Crippen LogP) is 5.19. The summed E-state index contributed by atoms with van der Waals surface area (Å²) in [6.45, 7) is 20.1. The molecule has 26 heteroatoms. The van der Waals surface area contributed by atoms with Crippen molar-refractivity contribution in [3.63, 3.8) is 0 Å². The smallest absolute Gasteiger partial charge is 0.410 e. The van der Waals surface area contributed by atoms with E-state index in [0.717, 1.165) is 89.4 Å². The first-order valence-corrected chi connectivity index (χ1v) is 27.6. The molecule has 0 bridgehead atoms. The van der Waals surface area contributed by atoms with Gasteiger partial charge in [0.15, 0.2) is 5.43 Å². The normalized spacial score (nSPS) is 18.1. The number of amides is 2. The molecule has 5 aliphatic heterocycles. The monoisotopic (exact) mass is 1230 g/mol. The number of aromatic amines is 1. The molecule has 0 spiro atoms. The van der Waals surface area contributed by atoms with Crippen molar-refractivity contribution >= 4 is 49.4 Å². The van der Waals surface area contributed by atoms with Gasteiger partial charge in [-0.3, -0.25) is 19.7 Å². The van der Waals surface area contributed by atoms with Crippen molar-refractivity contribution in [3.05, 3.63) is 108 Å². The zero-order chi connectivity index (χ0) is 58.0.